The third-order valence-electron chi connectivity index (χ3n) is 3.25. The summed E-state index contributed by atoms with van der Waals surface area (Å²) in [5.41, 5.74) is 0.591. The Morgan fingerprint density at radius 1 is 1.04 bits per heavy atom. The standard InChI is InChI=1S/C13H26O5Si.C5H8O2/c1-6-12(10-11(5)13(14)15)19(16-7-2,17-8-3)18-9-4;1-4(2)5(6)7-3/h10,12H,6-9H2,1-5H3,(H,14,15);1H2,2-3H3. The highest BCUT2D eigenvalue weighted by atomic mass is 28.4. The first kappa shape index (κ1) is 26.7. The van der Waals surface area contributed by atoms with Gasteiger partial charge in [-0.15, -0.1) is 0 Å². The number of esters is 1. The summed E-state index contributed by atoms with van der Waals surface area (Å²) in [4.78, 5) is 21.2. The molecule has 0 radical (unpaired) electrons. The number of rotatable bonds is 11. The average Bonchev–Trinajstić information content (AvgIpc) is 2.59. The molecule has 0 aromatic carbocycles. The third-order valence-corrected chi connectivity index (χ3v) is 6.81. The van der Waals surface area contributed by atoms with Crippen molar-refractivity contribution in [3.05, 3.63) is 23.8 Å². The molecule has 0 aliphatic carbocycles. The van der Waals surface area contributed by atoms with Crippen LogP contribution in [0.4, 0.5) is 0 Å². The van der Waals surface area contributed by atoms with Crippen LogP contribution in [0.5, 0.6) is 0 Å². The van der Waals surface area contributed by atoms with Crippen molar-refractivity contribution in [2.45, 2.75) is 53.5 Å². The SMILES string of the molecule is C=C(C)C(=O)OC.CCO[Si](OCC)(OCC)C(C=C(C)C(=O)O)CC. The van der Waals surface area contributed by atoms with Crippen LogP contribution >= 0.6 is 0 Å². The number of carboxylic acid groups (broad SMARTS) is 1. The highest BCUT2D eigenvalue weighted by Crippen LogP contribution is 2.31. The van der Waals surface area contributed by atoms with Crippen LogP contribution in [0.1, 0.15) is 48.0 Å². The van der Waals surface area contributed by atoms with Gasteiger partial charge in [-0.2, -0.15) is 0 Å². The first-order valence-electron chi connectivity index (χ1n) is 8.72. The number of methoxy groups -OCH3 is 1. The quantitative estimate of drug-likeness (QED) is 0.327. The van der Waals surface area contributed by atoms with Gasteiger partial charge in [-0.1, -0.05) is 19.6 Å². The Hall–Kier alpha value is -1.48. The molecule has 0 aliphatic heterocycles. The number of hydrogen-bond acceptors (Lipinski definition) is 6. The van der Waals surface area contributed by atoms with Crippen LogP contribution in [0.25, 0.3) is 0 Å². The molecule has 1 atom stereocenters. The van der Waals surface area contributed by atoms with E-state index in [1.807, 2.05) is 27.7 Å². The Balaban J connectivity index is 0. The number of hydrogen-bond donors (Lipinski definition) is 1. The minimum atomic E-state index is -2.87. The lowest BCUT2D eigenvalue weighted by molar-refractivity contribution is -0.136. The molecule has 0 aliphatic rings. The van der Waals surface area contributed by atoms with E-state index in [2.05, 4.69) is 11.3 Å². The van der Waals surface area contributed by atoms with Crippen molar-refractivity contribution in [3.8, 4) is 0 Å². The van der Waals surface area contributed by atoms with Gasteiger partial charge in [0.1, 0.15) is 0 Å². The van der Waals surface area contributed by atoms with Gasteiger partial charge in [0.25, 0.3) is 0 Å². The molecular formula is C18H34O7Si. The largest absolute Gasteiger partial charge is 0.508 e. The molecule has 8 heteroatoms. The zero-order valence-corrected chi connectivity index (χ0v) is 18.1. The Morgan fingerprint density at radius 3 is 1.65 bits per heavy atom. The zero-order chi connectivity index (χ0) is 20.8. The van der Waals surface area contributed by atoms with Gasteiger partial charge in [0.2, 0.25) is 0 Å². The molecule has 0 aromatic rings. The summed E-state index contributed by atoms with van der Waals surface area (Å²) in [6, 6.07) is 0. The van der Waals surface area contributed by atoms with E-state index in [1.165, 1.54) is 7.11 Å². The van der Waals surface area contributed by atoms with Gasteiger partial charge in [0.05, 0.1) is 7.11 Å². The number of ether oxygens (including phenoxy) is 1. The number of aliphatic carboxylic acids is 1. The summed E-state index contributed by atoms with van der Waals surface area (Å²) in [5.74, 6) is -1.27. The molecule has 0 spiro atoms. The topological polar surface area (TPSA) is 91.3 Å². The van der Waals surface area contributed by atoms with Gasteiger partial charge in [-0.25, -0.2) is 9.59 Å². The van der Waals surface area contributed by atoms with Crippen LogP contribution in [0.2, 0.25) is 5.54 Å². The van der Waals surface area contributed by atoms with Crippen molar-refractivity contribution in [1.29, 1.82) is 0 Å². The van der Waals surface area contributed by atoms with Crippen LogP contribution in [-0.2, 0) is 27.6 Å². The molecular weight excluding hydrogens is 356 g/mol. The molecule has 0 aromatic heterocycles. The van der Waals surface area contributed by atoms with Crippen LogP contribution in [0.15, 0.2) is 23.8 Å². The first-order valence-corrected chi connectivity index (χ1v) is 10.5. The normalized spacial score (nSPS) is 12.7. The first-order chi connectivity index (χ1) is 12.1. The maximum absolute atomic E-state index is 11.0. The van der Waals surface area contributed by atoms with Crippen LogP contribution in [0.3, 0.4) is 0 Å². The molecule has 1 N–H and O–H groups in total. The van der Waals surface area contributed by atoms with E-state index in [-0.39, 0.29) is 11.5 Å². The summed E-state index contributed by atoms with van der Waals surface area (Å²) in [5, 5.41) is 9.01. The second-order valence-electron chi connectivity index (χ2n) is 5.34. The molecule has 0 saturated heterocycles. The van der Waals surface area contributed by atoms with E-state index in [1.54, 1.807) is 19.9 Å². The van der Waals surface area contributed by atoms with E-state index in [9.17, 15) is 9.59 Å². The van der Waals surface area contributed by atoms with Gasteiger partial charge in [0, 0.05) is 36.5 Å². The van der Waals surface area contributed by atoms with Gasteiger partial charge in [-0.3, -0.25) is 0 Å². The lowest BCUT2D eigenvalue weighted by Gasteiger charge is -2.33. The second-order valence-corrected chi connectivity index (χ2v) is 8.16. The molecule has 7 nitrogen and oxygen atoms in total. The van der Waals surface area contributed by atoms with Gasteiger partial charge >= 0.3 is 20.7 Å². The zero-order valence-electron chi connectivity index (χ0n) is 17.1. The van der Waals surface area contributed by atoms with Gasteiger partial charge in [0.15, 0.2) is 0 Å². The van der Waals surface area contributed by atoms with Gasteiger partial charge < -0.3 is 23.1 Å². The number of carboxylic acids is 1. The summed E-state index contributed by atoms with van der Waals surface area (Å²) in [6.45, 7) is 15.6. The molecule has 0 rings (SSSR count). The highest BCUT2D eigenvalue weighted by Gasteiger charge is 2.47. The smallest absolute Gasteiger partial charge is 0.478 e. The molecule has 0 fully saturated rings. The Bertz CT molecular complexity index is 457. The Morgan fingerprint density at radius 2 is 1.46 bits per heavy atom. The van der Waals surface area contributed by atoms with Crippen molar-refractivity contribution in [2.75, 3.05) is 26.9 Å². The molecule has 0 amide bonds. The van der Waals surface area contributed by atoms with E-state index in [0.29, 0.717) is 31.0 Å². The minimum Gasteiger partial charge on any atom is -0.478 e. The fourth-order valence-corrected chi connectivity index (χ4v) is 5.12. The fourth-order valence-electron chi connectivity index (χ4n) is 2.07. The van der Waals surface area contributed by atoms with Crippen LogP contribution in [-0.4, -0.2) is 52.8 Å². The third kappa shape index (κ3) is 9.86. The maximum atomic E-state index is 11.0. The second kappa shape index (κ2) is 14.7. The predicted octanol–water partition coefficient (Wildman–Crippen LogP) is 3.58. The van der Waals surface area contributed by atoms with Crippen LogP contribution < -0.4 is 0 Å². The van der Waals surface area contributed by atoms with Gasteiger partial charge in [-0.05, 0) is 41.0 Å². The van der Waals surface area contributed by atoms with E-state index in [0.717, 1.165) is 6.42 Å². The minimum absolute atomic E-state index is 0.136. The van der Waals surface area contributed by atoms with Crippen molar-refractivity contribution in [3.63, 3.8) is 0 Å². The number of carbonyl (C=O) groups is 2. The molecule has 1 unspecified atom stereocenters. The molecule has 0 saturated carbocycles. The Kier molecular flexibility index (Phi) is 15.1. The molecule has 152 valence electrons. The number of allylic oxidation sites excluding steroid dienone is 1. The fraction of sp³-hybridized carbons (Fsp3) is 0.667. The highest BCUT2D eigenvalue weighted by molar-refractivity contribution is 6.63. The maximum Gasteiger partial charge on any atom is 0.508 e. The Labute approximate surface area is 158 Å². The predicted molar refractivity (Wildman–Crippen MR) is 103 cm³/mol. The van der Waals surface area contributed by atoms with Crippen LogP contribution in [0, 0.1) is 0 Å². The summed E-state index contributed by atoms with van der Waals surface area (Å²) in [7, 11) is -1.54. The summed E-state index contributed by atoms with van der Waals surface area (Å²) >= 11 is 0. The molecule has 26 heavy (non-hydrogen) atoms. The van der Waals surface area contributed by atoms with Crippen molar-refractivity contribution >= 4 is 20.7 Å². The molecule has 0 bridgehead atoms. The number of carbonyl (C=O) groups excluding carboxylic acids is 1. The van der Waals surface area contributed by atoms with E-state index < -0.39 is 14.8 Å². The summed E-state index contributed by atoms with van der Waals surface area (Å²) < 4.78 is 21.7. The van der Waals surface area contributed by atoms with Crippen molar-refractivity contribution in [2.24, 2.45) is 0 Å². The average molecular weight is 391 g/mol. The van der Waals surface area contributed by atoms with Crippen molar-refractivity contribution < 1.29 is 32.7 Å². The molecule has 0 heterocycles. The van der Waals surface area contributed by atoms with E-state index in [4.69, 9.17) is 18.4 Å². The lowest BCUT2D eigenvalue weighted by atomic mass is 10.2. The van der Waals surface area contributed by atoms with Crippen molar-refractivity contribution in [1.82, 2.24) is 0 Å². The lowest BCUT2D eigenvalue weighted by Crippen LogP contribution is -2.50. The summed E-state index contributed by atoms with van der Waals surface area (Å²) in [6.07, 6.45) is 2.42. The van der Waals surface area contributed by atoms with E-state index >= 15 is 0 Å². The monoisotopic (exact) mass is 390 g/mol.